The van der Waals surface area contributed by atoms with Gasteiger partial charge in [0.1, 0.15) is 5.50 Å². The van der Waals surface area contributed by atoms with Crippen LogP contribution in [-0.2, 0) is 0 Å². The second-order valence-electron chi connectivity index (χ2n) is 3.30. The lowest BCUT2D eigenvalue weighted by molar-refractivity contribution is 0.451. The molecule has 0 bridgehead atoms. The molecule has 0 aromatic rings. The highest BCUT2D eigenvalue weighted by atomic mass is 31.2. The summed E-state index contributed by atoms with van der Waals surface area (Å²) in [5.41, 5.74) is 1.12. The van der Waals surface area contributed by atoms with E-state index in [1.54, 1.807) is 0 Å². The predicted octanol–water partition coefficient (Wildman–Crippen LogP) is 2.81. The molecule has 0 aromatic carbocycles. The Morgan fingerprint density at radius 3 is 2.36 bits per heavy atom. The molecule has 0 radical (unpaired) electrons. The lowest BCUT2D eigenvalue weighted by Gasteiger charge is -2.25. The maximum Gasteiger partial charge on any atom is 0.113 e. The van der Waals surface area contributed by atoms with E-state index in [1.165, 1.54) is 0 Å². The standard InChI is InChI=1S/C9H15OP/c1-8(2)11(3)7-5-4-6-9(11)10/h4-8,10H,1-3H3. The number of aliphatic hydroxyl groups is 1. The Hall–Kier alpha value is -0.420. The van der Waals surface area contributed by atoms with E-state index in [-0.39, 0.29) is 0 Å². The van der Waals surface area contributed by atoms with Gasteiger partial charge in [-0.1, -0.05) is 31.8 Å². The van der Waals surface area contributed by atoms with Gasteiger partial charge in [0.15, 0.2) is 0 Å². The maximum atomic E-state index is 9.63. The van der Waals surface area contributed by atoms with Crippen LogP contribution in [-0.4, -0.2) is 23.2 Å². The molecule has 2 heteroatoms. The number of rotatable bonds is 1. The van der Waals surface area contributed by atoms with Crippen molar-refractivity contribution in [2.75, 3.05) is 6.66 Å². The molecule has 0 saturated heterocycles. The molecule has 1 rings (SSSR count). The zero-order valence-electron chi connectivity index (χ0n) is 7.28. The first-order chi connectivity index (χ1) is 5.07. The average molecular weight is 170 g/mol. The minimum absolute atomic E-state index is 0.545. The molecule has 62 valence electrons. The number of aliphatic hydroxyl groups excluding tert-OH is 1. The SMILES string of the molecule is CC(C)P1(C)=CC=CC=C1O. The molecule has 1 aliphatic rings. The summed E-state index contributed by atoms with van der Waals surface area (Å²) >= 11 is 0. The highest BCUT2D eigenvalue weighted by Gasteiger charge is 2.20. The van der Waals surface area contributed by atoms with Crippen LogP contribution in [0, 0.1) is 0 Å². The van der Waals surface area contributed by atoms with Crippen LogP contribution >= 0.6 is 6.89 Å². The Kier molecular flexibility index (Phi) is 2.29. The van der Waals surface area contributed by atoms with Gasteiger partial charge in [0, 0.05) is 0 Å². The summed E-state index contributed by atoms with van der Waals surface area (Å²) in [6.45, 7) is 5.16. The Labute approximate surface area is 68.4 Å². The smallest absolute Gasteiger partial charge is 0.113 e. The van der Waals surface area contributed by atoms with Crippen LogP contribution in [0.3, 0.4) is 0 Å². The van der Waals surface area contributed by atoms with E-state index < -0.39 is 6.89 Å². The van der Waals surface area contributed by atoms with Crippen molar-refractivity contribution in [3.63, 3.8) is 0 Å². The molecule has 1 aliphatic heterocycles. The van der Waals surface area contributed by atoms with Gasteiger partial charge in [-0.25, -0.2) is 0 Å². The molecular weight excluding hydrogens is 155 g/mol. The summed E-state index contributed by atoms with van der Waals surface area (Å²) in [5, 5.41) is 9.63. The first-order valence-electron chi connectivity index (χ1n) is 3.85. The zero-order chi connectivity index (χ0) is 8.48. The Bertz CT molecular complexity index is 259. The van der Waals surface area contributed by atoms with Crippen molar-refractivity contribution >= 4 is 12.7 Å². The van der Waals surface area contributed by atoms with Crippen LogP contribution in [0.2, 0.25) is 0 Å². The number of hydrogen-bond acceptors (Lipinski definition) is 1. The molecule has 0 fully saturated rings. The van der Waals surface area contributed by atoms with E-state index in [1.807, 2.05) is 18.2 Å². The predicted molar refractivity (Wildman–Crippen MR) is 53.9 cm³/mol. The molecule has 0 amide bonds. The Morgan fingerprint density at radius 2 is 2.00 bits per heavy atom. The van der Waals surface area contributed by atoms with Crippen molar-refractivity contribution < 1.29 is 5.11 Å². The fourth-order valence-corrected chi connectivity index (χ4v) is 2.93. The van der Waals surface area contributed by atoms with Crippen molar-refractivity contribution in [1.29, 1.82) is 0 Å². The lowest BCUT2D eigenvalue weighted by Crippen LogP contribution is -2.03. The van der Waals surface area contributed by atoms with Gasteiger partial charge >= 0.3 is 0 Å². The molecular formula is C9H15OP. The molecule has 1 atom stereocenters. The van der Waals surface area contributed by atoms with Crippen molar-refractivity contribution in [3.05, 3.63) is 23.7 Å². The third-order valence-electron chi connectivity index (χ3n) is 2.32. The molecule has 1 unspecified atom stereocenters. The first-order valence-corrected chi connectivity index (χ1v) is 6.23. The van der Waals surface area contributed by atoms with Crippen LogP contribution in [0.5, 0.6) is 0 Å². The number of hydrogen-bond donors (Lipinski definition) is 1. The van der Waals surface area contributed by atoms with E-state index in [0.29, 0.717) is 11.2 Å². The van der Waals surface area contributed by atoms with Crippen LogP contribution in [0.15, 0.2) is 23.7 Å². The van der Waals surface area contributed by atoms with E-state index in [2.05, 4.69) is 26.3 Å². The van der Waals surface area contributed by atoms with Crippen LogP contribution in [0.4, 0.5) is 0 Å². The molecule has 0 aliphatic carbocycles. The van der Waals surface area contributed by atoms with Gasteiger partial charge in [0.25, 0.3) is 0 Å². The summed E-state index contributed by atoms with van der Waals surface area (Å²) in [6.07, 6.45) is 5.74. The highest BCUT2D eigenvalue weighted by molar-refractivity contribution is 7.78. The lowest BCUT2D eigenvalue weighted by atomic mass is 10.5. The first kappa shape index (κ1) is 8.67. The fraction of sp³-hybridized carbons (Fsp3) is 0.444. The summed E-state index contributed by atoms with van der Waals surface area (Å²) in [5.74, 6) is 2.16. The molecule has 1 heterocycles. The fourth-order valence-electron chi connectivity index (χ4n) is 1.04. The van der Waals surface area contributed by atoms with Gasteiger partial charge < -0.3 is 5.11 Å². The third-order valence-corrected chi connectivity index (χ3v) is 6.39. The minimum atomic E-state index is -1.32. The van der Waals surface area contributed by atoms with E-state index in [9.17, 15) is 5.11 Å². The monoisotopic (exact) mass is 170 g/mol. The second-order valence-corrected chi connectivity index (χ2v) is 7.38. The van der Waals surface area contributed by atoms with Crippen LogP contribution in [0.25, 0.3) is 0 Å². The summed E-state index contributed by atoms with van der Waals surface area (Å²) in [4.78, 5) is 0. The van der Waals surface area contributed by atoms with Gasteiger partial charge in [0.05, 0.1) is 0 Å². The van der Waals surface area contributed by atoms with Gasteiger partial charge in [0.2, 0.25) is 0 Å². The average Bonchev–Trinajstić information content (AvgIpc) is 1.95. The van der Waals surface area contributed by atoms with Gasteiger partial charge in [-0.2, -0.15) is 0 Å². The highest BCUT2D eigenvalue weighted by Crippen LogP contribution is 2.55. The van der Waals surface area contributed by atoms with Gasteiger partial charge in [-0.05, 0) is 25.3 Å². The van der Waals surface area contributed by atoms with Crippen molar-refractivity contribution in [3.8, 4) is 0 Å². The molecule has 11 heavy (non-hydrogen) atoms. The normalized spacial score (nSPS) is 30.0. The zero-order valence-corrected chi connectivity index (χ0v) is 8.18. The van der Waals surface area contributed by atoms with Crippen LogP contribution in [0.1, 0.15) is 13.8 Å². The molecule has 1 nitrogen and oxygen atoms in total. The van der Waals surface area contributed by atoms with Gasteiger partial charge in [-0.15, -0.1) is 0 Å². The van der Waals surface area contributed by atoms with Crippen molar-refractivity contribution in [2.45, 2.75) is 19.5 Å². The quantitative estimate of drug-likeness (QED) is 0.600. The van der Waals surface area contributed by atoms with E-state index in [4.69, 9.17) is 0 Å². The maximum absolute atomic E-state index is 9.63. The summed E-state index contributed by atoms with van der Waals surface area (Å²) in [6, 6.07) is 0. The van der Waals surface area contributed by atoms with E-state index >= 15 is 0 Å². The topological polar surface area (TPSA) is 20.2 Å². The Morgan fingerprint density at radius 1 is 1.36 bits per heavy atom. The number of allylic oxidation sites excluding steroid dienone is 3. The molecule has 0 aromatic heterocycles. The largest absolute Gasteiger partial charge is 0.508 e. The van der Waals surface area contributed by atoms with Gasteiger partial charge in [-0.3, -0.25) is 0 Å². The summed E-state index contributed by atoms with van der Waals surface area (Å²) in [7, 11) is 0. The Balaban J connectivity index is 3.13. The third kappa shape index (κ3) is 1.44. The van der Waals surface area contributed by atoms with Crippen molar-refractivity contribution in [2.24, 2.45) is 0 Å². The molecule has 0 saturated carbocycles. The van der Waals surface area contributed by atoms with Crippen LogP contribution < -0.4 is 0 Å². The molecule has 1 N–H and O–H groups in total. The van der Waals surface area contributed by atoms with E-state index in [0.717, 1.165) is 0 Å². The molecule has 0 spiro atoms. The summed E-state index contributed by atoms with van der Waals surface area (Å²) < 4.78 is 0. The minimum Gasteiger partial charge on any atom is -0.508 e. The second kappa shape index (κ2) is 2.91. The van der Waals surface area contributed by atoms with Crippen molar-refractivity contribution in [1.82, 2.24) is 0 Å².